The lowest BCUT2D eigenvalue weighted by molar-refractivity contribution is 0.408. The van der Waals surface area contributed by atoms with Crippen LogP contribution in [-0.4, -0.2) is 7.11 Å². The van der Waals surface area contributed by atoms with Crippen molar-refractivity contribution in [2.45, 2.75) is 18.7 Å². The molecule has 1 aromatic carbocycles. The Hall–Kier alpha value is -0.630. The van der Waals surface area contributed by atoms with Gasteiger partial charge in [-0.3, -0.25) is 0 Å². The molecule has 0 aliphatic carbocycles. The number of rotatable bonds is 1. The van der Waals surface area contributed by atoms with Crippen LogP contribution in [0.5, 0.6) is 5.75 Å². The van der Waals surface area contributed by atoms with Gasteiger partial charge in [-0.1, -0.05) is 0 Å². The molecule has 0 saturated heterocycles. The molecule has 1 rings (SSSR count). The first-order chi connectivity index (χ1) is 5.15. The zero-order valence-electron chi connectivity index (χ0n) is 7.01. The van der Waals surface area contributed by atoms with Gasteiger partial charge in [-0.25, -0.2) is 0 Å². The van der Waals surface area contributed by atoms with Gasteiger partial charge in [0.15, 0.2) is 0 Å². The zero-order valence-corrected chi connectivity index (χ0v) is 7.90. The fourth-order valence-electron chi connectivity index (χ4n) is 1.25. The summed E-state index contributed by atoms with van der Waals surface area (Å²) in [5, 5.41) is 0. The standard InChI is InChI=1S/C9H12OS/c1-6-4-8(11)5-7(2)9(6)10-3/h4-5,11H,1-3H3. The highest BCUT2D eigenvalue weighted by Gasteiger charge is 2.02. The van der Waals surface area contributed by atoms with E-state index in [1.54, 1.807) is 7.11 Å². The Balaban J connectivity index is 3.25. The molecule has 11 heavy (non-hydrogen) atoms. The Bertz CT molecular complexity index is 245. The van der Waals surface area contributed by atoms with Gasteiger partial charge < -0.3 is 4.74 Å². The summed E-state index contributed by atoms with van der Waals surface area (Å²) < 4.78 is 5.20. The minimum absolute atomic E-state index is 0.961. The molecule has 0 fully saturated rings. The lowest BCUT2D eigenvalue weighted by atomic mass is 10.1. The highest BCUT2D eigenvalue weighted by atomic mass is 32.1. The van der Waals surface area contributed by atoms with E-state index < -0.39 is 0 Å². The van der Waals surface area contributed by atoms with E-state index in [0.29, 0.717) is 0 Å². The second-order valence-electron chi connectivity index (χ2n) is 2.61. The second-order valence-corrected chi connectivity index (χ2v) is 3.13. The van der Waals surface area contributed by atoms with E-state index in [4.69, 9.17) is 4.74 Å². The van der Waals surface area contributed by atoms with E-state index in [2.05, 4.69) is 12.6 Å². The van der Waals surface area contributed by atoms with Crippen molar-refractivity contribution in [3.05, 3.63) is 23.3 Å². The van der Waals surface area contributed by atoms with Crippen LogP contribution in [0.15, 0.2) is 17.0 Å². The predicted molar refractivity (Wildman–Crippen MR) is 49.7 cm³/mol. The molecule has 0 amide bonds. The fraction of sp³-hybridized carbons (Fsp3) is 0.333. The lowest BCUT2D eigenvalue weighted by Gasteiger charge is -2.08. The molecule has 0 N–H and O–H groups in total. The third kappa shape index (κ3) is 1.69. The highest BCUT2D eigenvalue weighted by molar-refractivity contribution is 7.80. The topological polar surface area (TPSA) is 9.23 Å². The molecule has 0 saturated carbocycles. The van der Waals surface area contributed by atoms with Crippen LogP contribution >= 0.6 is 12.6 Å². The largest absolute Gasteiger partial charge is 0.496 e. The van der Waals surface area contributed by atoms with Crippen LogP contribution in [0.1, 0.15) is 11.1 Å². The minimum Gasteiger partial charge on any atom is -0.496 e. The van der Waals surface area contributed by atoms with Crippen molar-refractivity contribution in [1.82, 2.24) is 0 Å². The van der Waals surface area contributed by atoms with Gasteiger partial charge in [-0.2, -0.15) is 0 Å². The van der Waals surface area contributed by atoms with Gasteiger partial charge in [-0.05, 0) is 37.1 Å². The Morgan fingerprint density at radius 3 is 2.00 bits per heavy atom. The Kier molecular flexibility index (Phi) is 2.45. The van der Waals surface area contributed by atoms with Crippen LogP contribution in [0.2, 0.25) is 0 Å². The van der Waals surface area contributed by atoms with Crippen molar-refractivity contribution in [3.8, 4) is 5.75 Å². The van der Waals surface area contributed by atoms with E-state index in [9.17, 15) is 0 Å². The molecule has 1 aromatic rings. The molecule has 0 aromatic heterocycles. The number of benzene rings is 1. The van der Waals surface area contributed by atoms with Crippen LogP contribution in [0.3, 0.4) is 0 Å². The van der Waals surface area contributed by atoms with Gasteiger partial charge >= 0.3 is 0 Å². The molecule has 0 atom stereocenters. The first-order valence-corrected chi connectivity index (χ1v) is 3.94. The number of aryl methyl sites for hydroxylation is 2. The van der Waals surface area contributed by atoms with Crippen molar-refractivity contribution < 1.29 is 4.74 Å². The Labute approximate surface area is 72.8 Å². The summed E-state index contributed by atoms with van der Waals surface area (Å²) in [5.41, 5.74) is 2.27. The molecule has 1 nitrogen and oxygen atoms in total. The van der Waals surface area contributed by atoms with Crippen molar-refractivity contribution in [2.24, 2.45) is 0 Å². The van der Waals surface area contributed by atoms with Gasteiger partial charge in [0.1, 0.15) is 5.75 Å². The maximum absolute atomic E-state index is 5.20. The van der Waals surface area contributed by atoms with Crippen molar-refractivity contribution in [3.63, 3.8) is 0 Å². The van der Waals surface area contributed by atoms with Crippen LogP contribution in [0.4, 0.5) is 0 Å². The van der Waals surface area contributed by atoms with Crippen LogP contribution in [-0.2, 0) is 0 Å². The molecule has 0 radical (unpaired) electrons. The van der Waals surface area contributed by atoms with Gasteiger partial charge in [0.25, 0.3) is 0 Å². The molecular formula is C9H12OS. The first kappa shape index (κ1) is 8.47. The fourth-order valence-corrected chi connectivity index (χ4v) is 1.64. The molecular weight excluding hydrogens is 156 g/mol. The summed E-state index contributed by atoms with van der Waals surface area (Å²) in [6.45, 7) is 4.04. The molecule has 0 unspecified atom stereocenters. The summed E-state index contributed by atoms with van der Waals surface area (Å²) in [4.78, 5) is 0.987. The Morgan fingerprint density at radius 2 is 1.64 bits per heavy atom. The van der Waals surface area contributed by atoms with E-state index >= 15 is 0 Å². The summed E-state index contributed by atoms with van der Waals surface area (Å²) in [6, 6.07) is 3.99. The van der Waals surface area contributed by atoms with Crippen molar-refractivity contribution in [1.29, 1.82) is 0 Å². The van der Waals surface area contributed by atoms with Crippen LogP contribution in [0, 0.1) is 13.8 Å². The maximum atomic E-state index is 5.20. The quantitative estimate of drug-likeness (QED) is 0.634. The molecule has 0 spiro atoms. The highest BCUT2D eigenvalue weighted by Crippen LogP contribution is 2.25. The van der Waals surface area contributed by atoms with Crippen molar-refractivity contribution >= 4 is 12.6 Å². The van der Waals surface area contributed by atoms with Gasteiger partial charge in [-0.15, -0.1) is 12.6 Å². The van der Waals surface area contributed by atoms with Gasteiger partial charge in [0.2, 0.25) is 0 Å². The number of hydrogen-bond donors (Lipinski definition) is 1. The number of methoxy groups -OCH3 is 1. The molecule has 0 aliphatic heterocycles. The Morgan fingerprint density at radius 1 is 1.18 bits per heavy atom. The maximum Gasteiger partial charge on any atom is 0.124 e. The van der Waals surface area contributed by atoms with E-state index in [1.165, 1.54) is 0 Å². The monoisotopic (exact) mass is 168 g/mol. The predicted octanol–water partition coefficient (Wildman–Crippen LogP) is 2.60. The molecule has 0 bridgehead atoms. The second kappa shape index (κ2) is 3.18. The smallest absolute Gasteiger partial charge is 0.124 e. The SMILES string of the molecule is COc1c(C)cc(S)cc1C. The average Bonchev–Trinajstić information content (AvgIpc) is 1.85. The van der Waals surface area contributed by atoms with E-state index in [1.807, 2.05) is 26.0 Å². The van der Waals surface area contributed by atoms with Gasteiger partial charge in [0.05, 0.1) is 7.11 Å². The molecule has 2 heteroatoms. The first-order valence-electron chi connectivity index (χ1n) is 3.49. The lowest BCUT2D eigenvalue weighted by Crippen LogP contribution is -1.90. The average molecular weight is 168 g/mol. The zero-order chi connectivity index (χ0) is 8.43. The summed E-state index contributed by atoms with van der Waals surface area (Å²) in [6.07, 6.45) is 0. The molecule has 0 aliphatic rings. The minimum atomic E-state index is 0.961. The van der Waals surface area contributed by atoms with Gasteiger partial charge in [0, 0.05) is 4.90 Å². The van der Waals surface area contributed by atoms with Crippen LogP contribution in [0.25, 0.3) is 0 Å². The third-order valence-corrected chi connectivity index (χ3v) is 1.91. The van der Waals surface area contributed by atoms with E-state index in [-0.39, 0.29) is 0 Å². The van der Waals surface area contributed by atoms with Crippen LogP contribution < -0.4 is 4.74 Å². The molecule has 0 heterocycles. The normalized spacial score (nSPS) is 9.82. The number of ether oxygens (including phenoxy) is 1. The summed E-state index contributed by atoms with van der Waals surface area (Å²) in [7, 11) is 1.69. The van der Waals surface area contributed by atoms with Crippen molar-refractivity contribution in [2.75, 3.05) is 7.11 Å². The summed E-state index contributed by atoms with van der Waals surface area (Å²) in [5.74, 6) is 0.961. The number of thiol groups is 1. The van der Waals surface area contributed by atoms with E-state index in [0.717, 1.165) is 21.8 Å². The summed E-state index contributed by atoms with van der Waals surface area (Å²) >= 11 is 4.25. The third-order valence-electron chi connectivity index (χ3n) is 1.65. The molecule has 60 valence electrons. The number of hydrogen-bond acceptors (Lipinski definition) is 2.